The van der Waals surface area contributed by atoms with E-state index in [0.717, 1.165) is 37.7 Å². The maximum atomic E-state index is 11.9. The molecule has 0 atom stereocenters. The monoisotopic (exact) mass is 231 g/mol. The Bertz CT molecular complexity index is 391. The predicted molar refractivity (Wildman–Crippen MR) is 67.0 cm³/mol. The first-order chi connectivity index (χ1) is 8.29. The van der Waals surface area contributed by atoms with Gasteiger partial charge in [-0.2, -0.15) is 0 Å². The maximum Gasteiger partial charge on any atom is 0.227 e. The number of aldehydes is 1. The highest BCUT2D eigenvalue weighted by atomic mass is 16.1. The van der Waals surface area contributed by atoms with Gasteiger partial charge >= 0.3 is 0 Å². The minimum Gasteiger partial charge on any atom is -0.326 e. The van der Waals surface area contributed by atoms with Crippen molar-refractivity contribution in [2.75, 3.05) is 5.32 Å². The summed E-state index contributed by atoms with van der Waals surface area (Å²) in [5.74, 6) is 0.276. The summed E-state index contributed by atoms with van der Waals surface area (Å²) >= 11 is 0. The molecule has 1 N–H and O–H groups in total. The Kier molecular flexibility index (Phi) is 3.91. The first-order valence-corrected chi connectivity index (χ1v) is 6.16. The van der Waals surface area contributed by atoms with Crippen molar-refractivity contribution in [3.8, 4) is 0 Å². The number of amides is 1. The van der Waals surface area contributed by atoms with Crippen LogP contribution in [0.1, 0.15) is 42.5 Å². The molecule has 1 fully saturated rings. The molecule has 1 aliphatic rings. The molecule has 3 nitrogen and oxygen atoms in total. The molecule has 0 saturated heterocycles. The molecule has 0 aliphatic heterocycles. The molecule has 0 unspecified atom stereocenters. The lowest BCUT2D eigenvalue weighted by Gasteiger charge is -2.20. The minimum atomic E-state index is 0.114. The van der Waals surface area contributed by atoms with Gasteiger partial charge in [0.05, 0.1) is 0 Å². The molecule has 0 heterocycles. The van der Waals surface area contributed by atoms with Crippen molar-refractivity contribution in [1.29, 1.82) is 0 Å². The maximum absolute atomic E-state index is 11.9. The Balaban J connectivity index is 1.94. The number of hydrogen-bond acceptors (Lipinski definition) is 2. The summed E-state index contributed by atoms with van der Waals surface area (Å²) in [4.78, 5) is 22.4. The van der Waals surface area contributed by atoms with Crippen molar-refractivity contribution >= 4 is 17.9 Å². The van der Waals surface area contributed by atoms with E-state index in [0.29, 0.717) is 5.56 Å². The summed E-state index contributed by atoms with van der Waals surface area (Å²) in [6, 6.07) is 6.96. The van der Waals surface area contributed by atoms with Crippen molar-refractivity contribution in [2.45, 2.75) is 32.1 Å². The molecule has 1 saturated carbocycles. The van der Waals surface area contributed by atoms with Gasteiger partial charge in [-0.15, -0.1) is 0 Å². The number of anilines is 1. The molecule has 0 radical (unpaired) electrons. The van der Waals surface area contributed by atoms with Gasteiger partial charge in [-0.1, -0.05) is 19.3 Å². The van der Waals surface area contributed by atoms with E-state index in [1.54, 1.807) is 24.3 Å². The number of carbonyl (C=O) groups excluding carboxylic acids is 2. The molecule has 17 heavy (non-hydrogen) atoms. The zero-order chi connectivity index (χ0) is 12.1. The van der Waals surface area contributed by atoms with Crippen LogP contribution in [-0.4, -0.2) is 12.2 Å². The van der Waals surface area contributed by atoms with Crippen molar-refractivity contribution in [3.63, 3.8) is 0 Å². The zero-order valence-electron chi connectivity index (χ0n) is 9.82. The van der Waals surface area contributed by atoms with Crippen LogP contribution in [0.15, 0.2) is 24.3 Å². The third-order valence-corrected chi connectivity index (χ3v) is 3.29. The van der Waals surface area contributed by atoms with Crippen LogP contribution in [0, 0.1) is 5.92 Å². The summed E-state index contributed by atoms with van der Waals surface area (Å²) in [6.07, 6.45) is 6.35. The van der Waals surface area contributed by atoms with Gasteiger partial charge in [-0.05, 0) is 37.1 Å². The van der Waals surface area contributed by atoms with Gasteiger partial charge in [-0.3, -0.25) is 9.59 Å². The average molecular weight is 231 g/mol. The van der Waals surface area contributed by atoms with Gasteiger partial charge in [0, 0.05) is 17.2 Å². The molecular weight excluding hydrogens is 214 g/mol. The normalized spacial score (nSPS) is 16.5. The second-order valence-electron chi connectivity index (χ2n) is 4.56. The summed E-state index contributed by atoms with van der Waals surface area (Å²) < 4.78 is 0. The summed E-state index contributed by atoms with van der Waals surface area (Å²) in [5, 5.41) is 2.91. The van der Waals surface area contributed by atoms with Crippen molar-refractivity contribution in [3.05, 3.63) is 29.8 Å². The lowest BCUT2D eigenvalue weighted by atomic mass is 9.88. The van der Waals surface area contributed by atoms with Gasteiger partial charge in [0.1, 0.15) is 6.29 Å². The number of benzene rings is 1. The number of rotatable bonds is 3. The van der Waals surface area contributed by atoms with Gasteiger partial charge in [0.25, 0.3) is 0 Å². The lowest BCUT2D eigenvalue weighted by molar-refractivity contribution is -0.120. The quantitative estimate of drug-likeness (QED) is 0.813. The average Bonchev–Trinajstić information content (AvgIpc) is 2.40. The standard InChI is InChI=1S/C14H17NO2/c16-10-11-6-8-13(9-7-11)15-14(17)12-4-2-1-3-5-12/h6-10,12H,1-5H2,(H,15,17). The molecule has 0 bridgehead atoms. The molecule has 1 aromatic carbocycles. The Morgan fingerprint density at radius 2 is 1.76 bits per heavy atom. The van der Waals surface area contributed by atoms with Crippen LogP contribution in [0.4, 0.5) is 5.69 Å². The highest BCUT2D eigenvalue weighted by Crippen LogP contribution is 2.24. The smallest absolute Gasteiger partial charge is 0.227 e. The van der Waals surface area contributed by atoms with E-state index in [4.69, 9.17) is 0 Å². The molecule has 1 amide bonds. The van der Waals surface area contributed by atoms with E-state index >= 15 is 0 Å². The van der Waals surface area contributed by atoms with Crippen LogP contribution in [0.2, 0.25) is 0 Å². The van der Waals surface area contributed by atoms with Crippen LogP contribution in [0.3, 0.4) is 0 Å². The van der Waals surface area contributed by atoms with Gasteiger partial charge in [0.2, 0.25) is 5.91 Å². The SMILES string of the molecule is O=Cc1ccc(NC(=O)C2CCCCC2)cc1. The van der Waals surface area contributed by atoms with Gasteiger partial charge in [-0.25, -0.2) is 0 Å². The number of carbonyl (C=O) groups is 2. The van der Waals surface area contributed by atoms with E-state index in [2.05, 4.69) is 5.32 Å². The topological polar surface area (TPSA) is 46.2 Å². The molecule has 1 aliphatic carbocycles. The Labute approximate surface area is 101 Å². The van der Waals surface area contributed by atoms with Crippen molar-refractivity contribution in [2.24, 2.45) is 5.92 Å². The Morgan fingerprint density at radius 3 is 2.35 bits per heavy atom. The molecule has 0 spiro atoms. The molecule has 90 valence electrons. The van der Waals surface area contributed by atoms with Crippen molar-refractivity contribution < 1.29 is 9.59 Å². The Hall–Kier alpha value is -1.64. The molecule has 2 rings (SSSR count). The summed E-state index contributed by atoms with van der Waals surface area (Å²) in [6.45, 7) is 0. The van der Waals surface area contributed by atoms with E-state index in [1.807, 2.05) is 0 Å². The highest BCUT2D eigenvalue weighted by molar-refractivity contribution is 5.92. The van der Waals surface area contributed by atoms with E-state index < -0.39 is 0 Å². The fourth-order valence-corrected chi connectivity index (χ4v) is 2.25. The summed E-state index contributed by atoms with van der Waals surface area (Å²) in [7, 11) is 0. The van der Waals surface area contributed by atoms with Gasteiger partial charge in [0.15, 0.2) is 0 Å². The molecule has 0 aromatic heterocycles. The van der Waals surface area contributed by atoms with Crippen molar-refractivity contribution in [1.82, 2.24) is 0 Å². The predicted octanol–water partition coefficient (Wildman–Crippen LogP) is 3.02. The lowest BCUT2D eigenvalue weighted by Crippen LogP contribution is -2.24. The first-order valence-electron chi connectivity index (χ1n) is 6.16. The second-order valence-corrected chi connectivity index (χ2v) is 4.56. The molecular formula is C14H17NO2. The van der Waals surface area contributed by atoms with Gasteiger partial charge < -0.3 is 5.32 Å². The molecule has 1 aromatic rings. The second kappa shape index (κ2) is 5.62. The first kappa shape index (κ1) is 11.8. The zero-order valence-corrected chi connectivity index (χ0v) is 9.82. The van der Waals surface area contributed by atoms with E-state index in [1.165, 1.54) is 6.42 Å². The third kappa shape index (κ3) is 3.16. The third-order valence-electron chi connectivity index (χ3n) is 3.29. The summed E-state index contributed by atoms with van der Waals surface area (Å²) in [5.41, 5.74) is 1.40. The minimum absolute atomic E-state index is 0.114. The number of nitrogens with one attached hydrogen (secondary N) is 1. The van der Waals surface area contributed by atoms with Crippen LogP contribution < -0.4 is 5.32 Å². The highest BCUT2D eigenvalue weighted by Gasteiger charge is 2.20. The van der Waals surface area contributed by atoms with Crippen LogP contribution in [-0.2, 0) is 4.79 Å². The van der Waals surface area contributed by atoms with E-state index in [9.17, 15) is 9.59 Å². The largest absolute Gasteiger partial charge is 0.326 e. The molecule has 3 heteroatoms. The van der Waals surface area contributed by atoms with Crippen LogP contribution >= 0.6 is 0 Å². The fourth-order valence-electron chi connectivity index (χ4n) is 2.25. The van der Waals surface area contributed by atoms with E-state index in [-0.39, 0.29) is 11.8 Å². The Morgan fingerprint density at radius 1 is 1.12 bits per heavy atom. The van der Waals surface area contributed by atoms with Crippen LogP contribution in [0.25, 0.3) is 0 Å². The van der Waals surface area contributed by atoms with Crippen LogP contribution in [0.5, 0.6) is 0 Å². The fraction of sp³-hybridized carbons (Fsp3) is 0.429. The number of hydrogen-bond donors (Lipinski definition) is 1.